The lowest BCUT2D eigenvalue weighted by Gasteiger charge is -2.35. The van der Waals surface area contributed by atoms with Gasteiger partial charge < -0.3 is 19.3 Å². The number of urea groups is 1. The highest BCUT2D eigenvalue weighted by Crippen LogP contribution is 2.37. The van der Waals surface area contributed by atoms with Crippen molar-refractivity contribution in [1.82, 2.24) is 20.4 Å². The van der Waals surface area contributed by atoms with Crippen molar-refractivity contribution in [2.45, 2.75) is 19.4 Å². The molecule has 1 aliphatic rings. The number of allylic oxidation sites excluding steroid dienone is 1. The first-order chi connectivity index (χ1) is 16.0. The fraction of sp³-hybridized carbons (Fsp3) is 0.292. The predicted octanol–water partition coefficient (Wildman–Crippen LogP) is 4.42. The van der Waals surface area contributed by atoms with Crippen molar-refractivity contribution >= 4 is 11.6 Å². The molecule has 2 heterocycles. The predicted molar refractivity (Wildman–Crippen MR) is 120 cm³/mol. The molecule has 9 heteroatoms. The van der Waals surface area contributed by atoms with Crippen molar-refractivity contribution in [3.8, 4) is 17.1 Å². The SMILES string of the molecule is COCCCN1C(=O)NC(c2cccc(F)c2)C(c2nc(-c3cccc(OC)c3)no2)=C1C. The Morgan fingerprint density at radius 3 is 2.76 bits per heavy atom. The number of rotatable bonds is 8. The van der Waals surface area contributed by atoms with Crippen LogP contribution < -0.4 is 10.1 Å². The average molecular weight is 452 g/mol. The fourth-order valence-electron chi connectivity index (χ4n) is 3.84. The molecule has 0 saturated carbocycles. The van der Waals surface area contributed by atoms with Gasteiger partial charge in [-0.15, -0.1) is 0 Å². The third-order valence-corrected chi connectivity index (χ3v) is 5.49. The molecule has 2 aromatic carbocycles. The zero-order chi connectivity index (χ0) is 23.4. The van der Waals surface area contributed by atoms with Crippen LogP contribution in [0.3, 0.4) is 0 Å². The number of carbonyl (C=O) groups excluding carboxylic acids is 1. The van der Waals surface area contributed by atoms with Gasteiger partial charge >= 0.3 is 6.03 Å². The summed E-state index contributed by atoms with van der Waals surface area (Å²) in [6.07, 6.45) is 0.651. The van der Waals surface area contributed by atoms with Crippen LogP contribution in [0, 0.1) is 5.82 Å². The van der Waals surface area contributed by atoms with Crippen LogP contribution in [0.15, 0.2) is 58.8 Å². The van der Waals surface area contributed by atoms with E-state index in [0.29, 0.717) is 48.0 Å². The summed E-state index contributed by atoms with van der Waals surface area (Å²) in [5, 5.41) is 7.09. The highest BCUT2D eigenvalue weighted by atomic mass is 19.1. The first kappa shape index (κ1) is 22.5. The maximum atomic E-state index is 14.0. The van der Waals surface area contributed by atoms with Gasteiger partial charge in [0.05, 0.1) is 18.7 Å². The second-order valence-electron chi connectivity index (χ2n) is 7.59. The molecule has 1 N–H and O–H groups in total. The minimum atomic E-state index is -0.648. The summed E-state index contributed by atoms with van der Waals surface area (Å²) in [5.74, 6) is 0.895. The van der Waals surface area contributed by atoms with Gasteiger partial charge in [-0.05, 0) is 43.2 Å². The highest BCUT2D eigenvalue weighted by Gasteiger charge is 2.35. The first-order valence-electron chi connectivity index (χ1n) is 10.5. The van der Waals surface area contributed by atoms with E-state index in [0.717, 1.165) is 5.56 Å². The van der Waals surface area contributed by atoms with E-state index < -0.39 is 11.9 Å². The van der Waals surface area contributed by atoms with Crippen LogP contribution in [-0.4, -0.2) is 48.4 Å². The Labute approximate surface area is 191 Å². The van der Waals surface area contributed by atoms with Crippen molar-refractivity contribution in [2.75, 3.05) is 27.4 Å². The molecule has 3 aromatic rings. The van der Waals surface area contributed by atoms with Crippen molar-refractivity contribution < 1.29 is 23.2 Å². The molecule has 2 amide bonds. The first-order valence-corrected chi connectivity index (χ1v) is 10.5. The summed E-state index contributed by atoms with van der Waals surface area (Å²) in [7, 11) is 3.20. The molecule has 1 aromatic heterocycles. The zero-order valence-electron chi connectivity index (χ0n) is 18.7. The monoisotopic (exact) mass is 452 g/mol. The number of aromatic nitrogens is 2. The van der Waals surface area contributed by atoms with Gasteiger partial charge in [0.25, 0.3) is 5.89 Å². The number of carbonyl (C=O) groups is 1. The van der Waals surface area contributed by atoms with Crippen LogP contribution in [0.4, 0.5) is 9.18 Å². The largest absolute Gasteiger partial charge is 0.497 e. The van der Waals surface area contributed by atoms with E-state index in [1.165, 1.54) is 12.1 Å². The van der Waals surface area contributed by atoms with E-state index in [9.17, 15) is 9.18 Å². The van der Waals surface area contributed by atoms with Gasteiger partial charge in [-0.1, -0.05) is 29.4 Å². The number of nitrogens with one attached hydrogen (secondary N) is 1. The molecule has 1 atom stereocenters. The Bertz CT molecular complexity index is 1180. The Hall–Kier alpha value is -3.72. The number of amides is 2. The molecule has 0 saturated heterocycles. The number of methoxy groups -OCH3 is 2. The normalized spacial score (nSPS) is 16.2. The molecular formula is C24H25FN4O4. The molecule has 33 heavy (non-hydrogen) atoms. The standard InChI is InChI=1S/C24H25FN4O4/c1-15-20(23-27-22(28-33-23)17-8-5-10-19(14-17)32-3)21(16-7-4-9-18(25)13-16)26-24(30)29(15)11-6-12-31-2/h4-5,7-10,13-14,21H,6,11-12H2,1-3H3,(H,26,30). The number of hydrogen-bond donors (Lipinski definition) is 1. The van der Waals surface area contributed by atoms with Crippen LogP contribution in [0.2, 0.25) is 0 Å². The molecule has 0 radical (unpaired) electrons. The van der Waals surface area contributed by atoms with Crippen molar-refractivity contribution in [2.24, 2.45) is 0 Å². The lowest BCUT2D eigenvalue weighted by Crippen LogP contribution is -2.46. The lowest BCUT2D eigenvalue weighted by molar-refractivity contribution is 0.174. The van der Waals surface area contributed by atoms with Crippen LogP contribution in [0.5, 0.6) is 5.75 Å². The molecule has 1 aliphatic heterocycles. The molecule has 1 unspecified atom stereocenters. The van der Waals surface area contributed by atoms with E-state index >= 15 is 0 Å². The van der Waals surface area contributed by atoms with Gasteiger partial charge in [-0.25, -0.2) is 9.18 Å². The van der Waals surface area contributed by atoms with Crippen LogP contribution in [0.25, 0.3) is 17.0 Å². The van der Waals surface area contributed by atoms with E-state index in [1.807, 2.05) is 25.1 Å². The van der Waals surface area contributed by atoms with Crippen molar-refractivity contribution in [1.29, 1.82) is 0 Å². The zero-order valence-corrected chi connectivity index (χ0v) is 18.7. The number of benzene rings is 2. The van der Waals surface area contributed by atoms with Crippen molar-refractivity contribution in [3.05, 3.63) is 71.5 Å². The molecule has 0 fully saturated rings. The summed E-state index contributed by atoms with van der Waals surface area (Å²) in [4.78, 5) is 19.1. The molecular weight excluding hydrogens is 427 g/mol. The van der Waals surface area contributed by atoms with E-state index in [-0.39, 0.29) is 11.9 Å². The van der Waals surface area contributed by atoms with E-state index in [1.54, 1.807) is 37.3 Å². The van der Waals surface area contributed by atoms with Crippen LogP contribution in [-0.2, 0) is 4.74 Å². The molecule has 4 rings (SSSR count). The molecule has 172 valence electrons. The Morgan fingerprint density at radius 2 is 2.00 bits per heavy atom. The molecule has 0 bridgehead atoms. The number of ether oxygens (including phenoxy) is 2. The topological polar surface area (TPSA) is 89.7 Å². The maximum Gasteiger partial charge on any atom is 0.322 e. The summed E-state index contributed by atoms with van der Waals surface area (Å²) < 4.78 is 30.0. The molecule has 0 spiro atoms. The van der Waals surface area contributed by atoms with E-state index in [4.69, 9.17) is 14.0 Å². The van der Waals surface area contributed by atoms with Crippen LogP contribution in [0.1, 0.15) is 30.8 Å². The van der Waals surface area contributed by atoms with Gasteiger partial charge in [0, 0.05) is 31.5 Å². The van der Waals surface area contributed by atoms with Gasteiger partial charge in [0.15, 0.2) is 0 Å². The minimum absolute atomic E-state index is 0.247. The Kier molecular flexibility index (Phi) is 6.69. The van der Waals surface area contributed by atoms with Crippen molar-refractivity contribution in [3.63, 3.8) is 0 Å². The Morgan fingerprint density at radius 1 is 1.18 bits per heavy atom. The van der Waals surface area contributed by atoms with Gasteiger partial charge in [-0.2, -0.15) is 4.98 Å². The average Bonchev–Trinajstić information content (AvgIpc) is 3.30. The van der Waals surface area contributed by atoms with Gasteiger partial charge in [0.1, 0.15) is 11.6 Å². The minimum Gasteiger partial charge on any atom is -0.497 e. The number of halogens is 1. The fourth-order valence-corrected chi connectivity index (χ4v) is 3.84. The second kappa shape index (κ2) is 9.83. The van der Waals surface area contributed by atoms with Gasteiger partial charge in [0.2, 0.25) is 5.82 Å². The number of nitrogens with zero attached hydrogens (tertiary/aromatic N) is 3. The maximum absolute atomic E-state index is 14.0. The third-order valence-electron chi connectivity index (χ3n) is 5.49. The quantitative estimate of drug-likeness (QED) is 0.509. The highest BCUT2D eigenvalue weighted by molar-refractivity contribution is 5.86. The lowest BCUT2D eigenvalue weighted by atomic mass is 9.94. The molecule has 0 aliphatic carbocycles. The summed E-state index contributed by atoms with van der Waals surface area (Å²) >= 11 is 0. The van der Waals surface area contributed by atoms with Crippen LogP contribution >= 0.6 is 0 Å². The molecule has 8 nitrogen and oxygen atoms in total. The Balaban J connectivity index is 1.77. The number of hydrogen-bond acceptors (Lipinski definition) is 6. The summed E-state index contributed by atoms with van der Waals surface area (Å²) in [6, 6.07) is 12.5. The second-order valence-corrected chi connectivity index (χ2v) is 7.59. The summed E-state index contributed by atoms with van der Waals surface area (Å²) in [6.45, 7) is 2.78. The smallest absolute Gasteiger partial charge is 0.322 e. The summed E-state index contributed by atoms with van der Waals surface area (Å²) in [5.41, 5.74) is 2.57. The van der Waals surface area contributed by atoms with E-state index in [2.05, 4.69) is 15.5 Å². The third kappa shape index (κ3) is 4.73. The van der Waals surface area contributed by atoms with Gasteiger partial charge in [-0.3, -0.25) is 4.90 Å².